The number of anilines is 1. The summed E-state index contributed by atoms with van der Waals surface area (Å²) in [5.74, 6) is 0.583. The van der Waals surface area contributed by atoms with E-state index in [1.807, 2.05) is 42.5 Å². The predicted octanol–water partition coefficient (Wildman–Crippen LogP) is 2.77. The van der Waals surface area contributed by atoms with Crippen LogP contribution in [0.25, 0.3) is 0 Å². The largest absolute Gasteiger partial charge is 0.381 e. The lowest BCUT2D eigenvalue weighted by molar-refractivity contribution is -0.125. The molecule has 1 N–H and O–H groups in total. The third kappa shape index (κ3) is 2.81. The number of pyridine rings is 1. The summed E-state index contributed by atoms with van der Waals surface area (Å²) < 4.78 is 5.45. The van der Waals surface area contributed by atoms with Crippen LogP contribution in [0.1, 0.15) is 18.4 Å². The van der Waals surface area contributed by atoms with Crippen molar-refractivity contribution in [3.63, 3.8) is 0 Å². The Bertz CT molecular complexity index is 593. The van der Waals surface area contributed by atoms with E-state index in [1.54, 1.807) is 12.3 Å². The molecule has 0 spiro atoms. The number of nitrogens with one attached hydrogen (secondary N) is 1. The SMILES string of the molecule is O=C(Nc1ccccn1)C1(c2ccccc2)CCOCC1. The molecule has 2 aromatic rings. The zero-order valence-corrected chi connectivity index (χ0v) is 11.8. The van der Waals surface area contributed by atoms with Crippen molar-refractivity contribution in [1.82, 2.24) is 4.98 Å². The highest BCUT2D eigenvalue weighted by Gasteiger charge is 2.41. The number of carbonyl (C=O) groups is 1. The summed E-state index contributed by atoms with van der Waals surface area (Å²) in [4.78, 5) is 17.1. The van der Waals surface area contributed by atoms with E-state index in [1.165, 1.54) is 0 Å². The highest BCUT2D eigenvalue weighted by atomic mass is 16.5. The van der Waals surface area contributed by atoms with Crippen molar-refractivity contribution in [3.8, 4) is 0 Å². The van der Waals surface area contributed by atoms with Gasteiger partial charge in [-0.25, -0.2) is 4.98 Å². The maximum atomic E-state index is 12.9. The molecule has 1 saturated heterocycles. The number of rotatable bonds is 3. The Kier molecular flexibility index (Phi) is 3.97. The molecule has 1 aromatic heterocycles. The maximum Gasteiger partial charge on any atom is 0.236 e. The van der Waals surface area contributed by atoms with Crippen molar-refractivity contribution in [2.45, 2.75) is 18.3 Å². The van der Waals surface area contributed by atoms with Gasteiger partial charge in [0.15, 0.2) is 0 Å². The van der Waals surface area contributed by atoms with Gasteiger partial charge < -0.3 is 10.1 Å². The number of aromatic nitrogens is 1. The van der Waals surface area contributed by atoms with Crippen LogP contribution in [0.2, 0.25) is 0 Å². The molecule has 3 rings (SSSR count). The summed E-state index contributed by atoms with van der Waals surface area (Å²) in [5.41, 5.74) is 0.513. The molecule has 0 radical (unpaired) electrons. The molecular weight excluding hydrogens is 264 g/mol. The molecule has 4 nitrogen and oxygen atoms in total. The van der Waals surface area contributed by atoms with Gasteiger partial charge in [-0.15, -0.1) is 0 Å². The van der Waals surface area contributed by atoms with Gasteiger partial charge in [-0.2, -0.15) is 0 Å². The van der Waals surface area contributed by atoms with Crippen LogP contribution < -0.4 is 5.32 Å². The Morgan fingerprint density at radius 2 is 1.76 bits per heavy atom. The van der Waals surface area contributed by atoms with Gasteiger partial charge in [0, 0.05) is 19.4 Å². The molecule has 108 valence electrons. The van der Waals surface area contributed by atoms with E-state index in [4.69, 9.17) is 4.74 Å². The molecule has 1 aliphatic heterocycles. The molecular formula is C17H18N2O2. The van der Waals surface area contributed by atoms with Gasteiger partial charge in [0.1, 0.15) is 5.82 Å². The Balaban J connectivity index is 1.90. The van der Waals surface area contributed by atoms with Gasteiger partial charge in [-0.05, 0) is 30.5 Å². The lowest BCUT2D eigenvalue weighted by atomic mass is 9.73. The summed E-state index contributed by atoms with van der Waals surface area (Å²) >= 11 is 0. The Morgan fingerprint density at radius 3 is 2.43 bits per heavy atom. The first-order chi connectivity index (χ1) is 10.3. The van der Waals surface area contributed by atoms with Crippen LogP contribution in [0.5, 0.6) is 0 Å². The molecule has 0 unspecified atom stereocenters. The summed E-state index contributed by atoms with van der Waals surface area (Å²) in [5, 5.41) is 2.95. The zero-order valence-electron chi connectivity index (χ0n) is 11.8. The minimum Gasteiger partial charge on any atom is -0.381 e. The lowest BCUT2D eigenvalue weighted by Gasteiger charge is -2.36. The van der Waals surface area contributed by atoms with Gasteiger partial charge in [0.05, 0.1) is 5.41 Å². The second-order valence-corrected chi connectivity index (χ2v) is 5.23. The third-order valence-corrected chi connectivity index (χ3v) is 4.01. The standard InChI is InChI=1S/C17H18N2O2/c20-16(19-15-8-4-5-11-18-15)17(9-12-21-13-10-17)14-6-2-1-3-7-14/h1-8,11H,9-10,12-13H2,(H,18,19,20). The van der Waals surface area contributed by atoms with Crippen LogP contribution in [-0.2, 0) is 14.9 Å². The number of hydrogen-bond donors (Lipinski definition) is 1. The number of nitrogens with zero attached hydrogens (tertiary/aromatic N) is 1. The predicted molar refractivity (Wildman–Crippen MR) is 81.0 cm³/mol. The number of ether oxygens (including phenoxy) is 1. The molecule has 0 aliphatic carbocycles. The fourth-order valence-corrected chi connectivity index (χ4v) is 2.80. The van der Waals surface area contributed by atoms with Gasteiger partial charge in [-0.1, -0.05) is 36.4 Å². The average molecular weight is 282 g/mol. The minimum atomic E-state index is -0.531. The molecule has 0 saturated carbocycles. The molecule has 4 heteroatoms. The van der Waals surface area contributed by atoms with Crippen molar-refractivity contribution in [2.75, 3.05) is 18.5 Å². The van der Waals surface area contributed by atoms with E-state index in [9.17, 15) is 4.79 Å². The minimum absolute atomic E-state index is 0.00398. The highest BCUT2D eigenvalue weighted by molar-refractivity contribution is 5.98. The fraction of sp³-hybridized carbons (Fsp3) is 0.294. The van der Waals surface area contributed by atoms with Crippen molar-refractivity contribution in [3.05, 3.63) is 60.3 Å². The zero-order chi connectivity index (χ0) is 14.5. The Hall–Kier alpha value is -2.20. The van der Waals surface area contributed by atoms with Gasteiger partial charge in [-0.3, -0.25) is 4.79 Å². The first kappa shape index (κ1) is 13.8. The van der Waals surface area contributed by atoms with E-state index in [-0.39, 0.29) is 5.91 Å². The molecule has 1 aliphatic rings. The number of hydrogen-bond acceptors (Lipinski definition) is 3. The molecule has 0 atom stereocenters. The Morgan fingerprint density at radius 1 is 1.05 bits per heavy atom. The smallest absolute Gasteiger partial charge is 0.236 e. The number of amides is 1. The Labute approximate surface area is 124 Å². The molecule has 1 aromatic carbocycles. The number of benzene rings is 1. The quantitative estimate of drug-likeness (QED) is 0.941. The van der Waals surface area contributed by atoms with E-state index in [0.29, 0.717) is 31.9 Å². The summed E-state index contributed by atoms with van der Waals surface area (Å²) in [7, 11) is 0. The normalized spacial score (nSPS) is 17.1. The van der Waals surface area contributed by atoms with Crippen molar-refractivity contribution in [2.24, 2.45) is 0 Å². The number of carbonyl (C=O) groups excluding carboxylic acids is 1. The van der Waals surface area contributed by atoms with Crippen molar-refractivity contribution < 1.29 is 9.53 Å². The third-order valence-electron chi connectivity index (χ3n) is 4.01. The van der Waals surface area contributed by atoms with Crippen LogP contribution in [0, 0.1) is 0 Å². The molecule has 1 fully saturated rings. The van der Waals surface area contributed by atoms with Crippen LogP contribution in [0.4, 0.5) is 5.82 Å². The average Bonchev–Trinajstić information content (AvgIpc) is 2.57. The second kappa shape index (κ2) is 6.06. The van der Waals surface area contributed by atoms with Crippen molar-refractivity contribution in [1.29, 1.82) is 0 Å². The first-order valence-electron chi connectivity index (χ1n) is 7.17. The van der Waals surface area contributed by atoms with Crippen LogP contribution in [-0.4, -0.2) is 24.1 Å². The lowest BCUT2D eigenvalue weighted by Crippen LogP contribution is -2.44. The second-order valence-electron chi connectivity index (χ2n) is 5.23. The highest BCUT2D eigenvalue weighted by Crippen LogP contribution is 2.35. The van der Waals surface area contributed by atoms with E-state index < -0.39 is 5.41 Å². The molecule has 1 amide bonds. The summed E-state index contributed by atoms with van der Waals surface area (Å²) in [6.07, 6.45) is 3.06. The van der Waals surface area contributed by atoms with Crippen molar-refractivity contribution >= 4 is 11.7 Å². The maximum absolute atomic E-state index is 12.9. The first-order valence-corrected chi connectivity index (χ1v) is 7.17. The monoisotopic (exact) mass is 282 g/mol. The molecule has 2 heterocycles. The molecule has 0 bridgehead atoms. The fourth-order valence-electron chi connectivity index (χ4n) is 2.80. The van der Waals surface area contributed by atoms with E-state index in [0.717, 1.165) is 5.56 Å². The van der Waals surface area contributed by atoms with E-state index >= 15 is 0 Å². The topological polar surface area (TPSA) is 51.2 Å². The summed E-state index contributed by atoms with van der Waals surface area (Å²) in [6.45, 7) is 1.20. The van der Waals surface area contributed by atoms with Gasteiger partial charge in [0.2, 0.25) is 5.91 Å². The van der Waals surface area contributed by atoms with Gasteiger partial charge in [0.25, 0.3) is 0 Å². The van der Waals surface area contributed by atoms with Crippen LogP contribution >= 0.6 is 0 Å². The molecule has 21 heavy (non-hydrogen) atoms. The van der Waals surface area contributed by atoms with Crippen LogP contribution in [0.15, 0.2) is 54.7 Å². The summed E-state index contributed by atoms with van der Waals surface area (Å²) in [6, 6.07) is 15.4. The van der Waals surface area contributed by atoms with Gasteiger partial charge >= 0.3 is 0 Å². The van der Waals surface area contributed by atoms with Crippen LogP contribution in [0.3, 0.4) is 0 Å². The van der Waals surface area contributed by atoms with E-state index in [2.05, 4.69) is 10.3 Å².